The van der Waals surface area contributed by atoms with Crippen LogP contribution in [-0.4, -0.2) is 67.1 Å². The van der Waals surface area contributed by atoms with E-state index < -0.39 is 24.6 Å². The van der Waals surface area contributed by atoms with Gasteiger partial charge in [0.15, 0.2) is 0 Å². The minimum atomic E-state index is -4.52. The van der Waals surface area contributed by atoms with Gasteiger partial charge in [0, 0.05) is 20.2 Å². The first kappa shape index (κ1) is 31.8. The van der Waals surface area contributed by atoms with Gasteiger partial charge in [0.25, 0.3) is 0 Å². The van der Waals surface area contributed by atoms with E-state index >= 15 is 0 Å². The van der Waals surface area contributed by atoms with Gasteiger partial charge in [-0.15, -0.1) is 0 Å². The van der Waals surface area contributed by atoms with Crippen molar-refractivity contribution in [1.82, 2.24) is 20.4 Å². The first-order chi connectivity index (χ1) is 21.0. The number of carbonyl (C=O) groups excluding carboxylic acids is 2. The summed E-state index contributed by atoms with van der Waals surface area (Å²) in [7, 11) is 3.20. The normalized spacial score (nSPS) is 12.2. The zero-order valence-electron chi connectivity index (χ0n) is 24.0. The van der Waals surface area contributed by atoms with E-state index in [1.807, 2.05) is 0 Å². The van der Waals surface area contributed by atoms with E-state index in [1.165, 1.54) is 23.1 Å². The maximum Gasteiger partial charge on any atom is 0.407 e. The van der Waals surface area contributed by atoms with Crippen LogP contribution >= 0.6 is 0 Å². The Morgan fingerprint density at radius 3 is 2.36 bits per heavy atom. The van der Waals surface area contributed by atoms with Gasteiger partial charge in [0.1, 0.15) is 19.0 Å². The molecule has 44 heavy (non-hydrogen) atoms. The Morgan fingerprint density at radius 2 is 1.68 bits per heavy atom. The Hall–Kier alpha value is -5.13. The van der Waals surface area contributed by atoms with Crippen molar-refractivity contribution in [3.63, 3.8) is 0 Å². The number of allylic oxidation sites excluding steroid dienone is 1. The number of alkyl carbamates (subject to hydrolysis) is 1. The molecular weight excluding hydrogens is 580 g/mol. The summed E-state index contributed by atoms with van der Waals surface area (Å²) in [6.45, 7) is 0.126. The van der Waals surface area contributed by atoms with E-state index in [1.54, 1.807) is 80.8 Å². The Morgan fingerprint density at radius 1 is 0.977 bits per heavy atom. The van der Waals surface area contributed by atoms with Gasteiger partial charge in [0.2, 0.25) is 11.9 Å². The number of rotatable bonds is 11. The Kier molecular flexibility index (Phi) is 10.4. The predicted octanol–water partition coefficient (Wildman–Crippen LogP) is 6.36. The lowest BCUT2D eigenvalue weighted by atomic mass is 9.87. The number of alkyl halides is 3. The van der Waals surface area contributed by atoms with Crippen molar-refractivity contribution < 1.29 is 36.6 Å². The van der Waals surface area contributed by atoms with Crippen molar-refractivity contribution in [2.24, 2.45) is 0 Å². The SMILES string of the molecule is CN(C)C(=O)/C=C/COC(=O)NCCOc1ccc(/C(=C(/CC(F)(F)F)c2ccccc2)c2ccc3n[nH]c(F)c3c2)cc1. The number of aromatic amines is 1. The summed E-state index contributed by atoms with van der Waals surface area (Å²) in [5, 5.41) is 8.81. The molecule has 230 valence electrons. The lowest BCUT2D eigenvalue weighted by Crippen LogP contribution is -2.28. The molecule has 0 atom stereocenters. The number of ether oxygens (including phenoxy) is 2. The number of fused-ring (bicyclic) bond motifs is 1. The van der Waals surface area contributed by atoms with Gasteiger partial charge in [0.05, 0.1) is 23.9 Å². The summed E-state index contributed by atoms with van der Waals surface area (Å²) in [6, 6.07) is 19.4. The molecule has 0 aliphatic carbocycles. The van der Waals surface area contributed by atoms with Crippen molar-refractivity contribution in [2.75, 3.05) is 33.9 Å². The van der Waals surface area contributed by atoms with Crippen LogP contribution in [0.3, 0.4) is 0 Å². The fourth-order valence-electron chi connectivity index (χ4n) is 4.34. The first-order valence-corrected chi connectivity index (χ1v) is 13.5. The summed E-state index contributed by atoms with van der Waals surface area (Å²) in [5.74, 6) is -0.502. The van der Waals surface area contributed by atoms with Gasteiger partial charge in [-0.25, -0.2) is 4.79 Å². The molecular formula is C32H30F4N4O4. The minimum Gasteiger partial charge on any atom is -0.492 e. The summed E-state index contributed by atoms with van der Waals surface area (Å²) >= 11 is 0. The van der Waals surface area contributed by atoms with Crippen molar-refractivity contribution in [2.45, 2.75) is 12.6 Å². The highest BCUT2D eigenvalue weighted by atomic mass is 19.4. The molecule has 1 heterocycles. The molecule has 0 spiro atoms. The number of nitrogens with one attached hydrogen (secondary N) is 2. The Bertz CT molecular complexity index is 1650. The predicted molar refractivity (Wildman–Crippen MR) is 158 cm³/mol. The van der Waals surface area contributed by atoms with E-state index in [4.69, 9.17) is 9.47 Å². The highest BCUT2D eigenvalue weighted by molar-refractivity contribution is 6.00. The lowest BCUT2D eigenvalue weighted by Gasteiger charge is -2.19. The van der Waals surface area contributed by atoms with Crippen LogP contribution in [0.25, 0.3) is 22.0 Å². The average molecular weight is 611 g/mol. The fraction of sp³-hybridized carbons (Fsp3) is 0.219. The third-order valence-electron chi connectivity index (χ3n) is 6.39. The summed E-state index contributed by atoms with van der Waals surface area (Å²) in [4.78, 5) is 24.7. The molecule has 0 aliphatic heterocycles. The lowest BCUT2D eigenvalue weighted by molar-refractivity contribution is -0.124. The minimum absolute atomic E-state index is 0.0265. The molecule has 2 amide bonds. The number of aromatic nitrogens is 2. The third kappa shape index (κ3) is 8.69. The van der Waals surface area contributed by atoms with Gasteiger partial charge >= 0.3 is 12.3 Å². The maximum absolute atomic E-state index is 14.4. The smallest absolute Gasteiger partial charge is 0.407 e. The van der Waals surface area contributed by atoms with Gasteiger partial charge in [-0.05, 0) is 58.2 Å². The molecule has 0 unspecified atom stereocenters. The van der Waals surface area contributed by atoms with Crippen molar-refractivity contribution >= 4 is 34.0 Å². The van der Waals surface area contributed by atoms with Crippen molar-refractivity contribution in [3.05, 3.63) is 108 Å². The topological polar surface area (TPSA) is 96.6 Å². The van der Waals surface area contributed by atoms with Crippen LogP contribution in [0.1, 0.15) is 23.1 Å². The van der Waals surface area contributed by atoms with Gasteiger partial charge in [-0.1, -0.05) is 48.5 Å². The maximum atomic E-state index is 14.4. The number of nitrogens with zero attached hydrogens (tertiary/aromatic N) is 2. The van der Waals surface area contributed by atoms with Crippen LogP contribution < -0.4 is 10.1 Å². The second-order valence-electron chi connectivity index (χ2n) is 9.81. The van der Waals surface area contributed by atoms with Crippen LogP contribution in [0, 0.1) is 5.95 Å². The number of benzene rings is 3. The van der Waals surface area contributed by atoms with E-state index in [2.05, 4.69) is 15.5 Å². The first-order valence-electron chi connectivity index (χ1n) is 13.5. The highest BCUT2D eigenvalue weighted by Crippen LogP contribution is 2.40. The Labute approximate surface area is 251 Å². The summed E-state index contributed by atoms with van der Waals surface area (Å²) < 4.78 is 66.7. The average Bonchev–Trinajstić information content (AvgIpc) is 3.37. The molecule has 4 aromatic rings. The second kappa shape index (κ2) is 14.4. The molecule has 0 bridgehead atoms. The van der Waals surface area contributed by atoms with Crippen LogP contribution in [-0.2, 0) is 9.53 Å². The molecule has 2 N–H and O–H groups in total. The number of likely N-dealkylation sites (N-methyl/N-ethyl adjacent to an activating group) is 1. The second-order valence-corrected chi connectivity index (χ2v) is 9.81. The van der Waals surface area contributed by atoms with E-state index in [-0.39, 0.29) is 42.2 Å². The van der Waals surface area contributed by atoms with Crippen molar-refractivity contribution in [3.8, 4) is 5.75 Å². The van der Waals surface area contributed by atoms with Crippen molar-refractivity contribution in [1.29, 1.82) is 0 Å². The molecule has 3 aromatic carbocycles. The van der Waals surface area contributed by atoms with Crippen LogP contribution in [0.15, 0.2) is 84.9 Å². The Balaban J connectivity index is 1.52. The number of hydrogen-bond acceptors (Lipinski definition) is 5. The molecule has 12 heteroatoms. The van der Waals surface area contributed by atoms with E-state index in [0.717, 1.165) is 0 Å². The van der Waals surface area contributed by atoms with Gasteiger partial charge in [-0.2, -0.15) is 22.7 Å². The number of amides is 2. The standard InChI is InChI=1S/C32H30F4N4O4/c1-40(2)28(41)9-6-17-44-31(42)37-16-18-43-24-13-10-22(11-14-24)29(23-12-15-27-25(19-23)30(33)39-38-27)26(20-32(34,35)36)21-7-4-3-5-8-21/h3-15,19H,16-18,20H2,1-2H3,(H,37,42)(H,38,39)/b9-6+,29-26+. The quantitative estimate of drug-likeness (QED) is 0.0892. The zero-order chi connectivity index (χ0) is 31.7. The molecule has 0 saturated heterocycles. The van der Waals surface area contributed by atoms with E-state index in [0.29, 0.717) is 28.0 Å². The number of hydrogen-bond donors (Lipinski definition) is 2. The molecule has 0 radical (unpaired) electrons. The molecule has 0 saturated carbocycles. The molecule has 1 aromatic heterocycles. The number of H-pyrrole nitrogens is 1. The molecule has 8 nitrogen and oxygen atoms in total. The highest BCUT2D eigenvalue weighted by Gasteiger charge is 2.31. The van der Waals surface area contributed by atoms with Gasteiger partial charge in [-0.3, -0.25) is 9.89 Å². The number of carbonyl (C=O) groups is 2. The third-order valence-corrected chi connectivity index (χ3v) is 6.39. The summed E-state index contributed by atoms with van der Waals surface area (Å²) in [6.07, 6.45) is -3.70. The van der Waals surface area contributed by atoms with Crippen LogP contribution in [0.5, 0.6) is 5.75 Å². The summed E-state index contributed by atoms with van der Waals surface area (Å²) in [5.41, 5.74) is 1.89. The monoisotopic (exact) mass is 610 g/mol. The van der Waals surface area contributed by atoms with E-state index in [9.17, 15) is 27.2 Å². The fourth-order valence-corrected chi connectivity index (χ4v) is 4.34. The van der Waals surface area contributed by atoms with Crippen LogP contribution in [0.2, 0.25) is 0 Å². The number of halogens is 4. The zero-order valence-corrected chi connectivity index (χ0v) is 24.0. The molecule has 4 rings (SSSR count). The molecule has 0 aliphatic rings. The largest absolute Gasteiger partial charge is 0.492 e. The van der Waals surface area contributed by atoms with Crippen LogP contribution in [0.4, 0.5) is 22.4 Å². The van der Waals surface area contributed by atoms with Gasteiger partial charge < -0.3 is 19.7 Å². The molecule has 0 fully saturated rings.